The van der Waals surface area contributed by atoms with Gasteiger partial charge in [-0.05, 0) is 49.1 Å². The van der Waals surface area contributed by atoms with Crippen LogP contribution < -0.4 is 9.64 Å². The average Bonchev–Trinajstić information content (AvgIpc) is 2.85. The molecule has 2 amide bonds. The van der Waals surface area contributed by atoms with Crippen LogP contribution in [0.2, 0.25) is 0 Å². The molecule has 4 nitrogen and oxygen atoms in total. The molecule has 0 saturated heterocycles. The van der Waals surface area contributed by atoms with Crippen LogP contribution in [-0.4, -0.2) is 18.4 Å². The number of nitrogens with zero attached hydrogens (tertiary/aromatic N) is 1. The first-order chi connectivity index (χ1) is 12.4. The van der Waals surface area contributed by atoms with Crippen LogP contribution in [-0.2, 0) is 9.59 Å². The number of hydrogen-bond acceptors (Lipinski definition) is 3. The van der Waals surface area contributed by atoms with Crippen molar-refractivity contribution in [3.05, 3.63) is 64.2 Å². The van der Waals surface area contributed by atoms with Crippen LogP contribution >= 0.6 is 11.6 Å². The third-order valence-corrected chi connectivity index (χ3v) is 4.72. The summed E-state index contributed by atoms with van der Waals surface area (Å²) in [5.74, 6) is -0.325. The lowest BCUT2D eigenvalue weighted by atomic mass is 10.0. The largest absolute Gasteiger partial charge is 0.494 e. The van der Waals surface area contributed by atoms with Gasteiger partial charge in [0.25, 0.3) is 11.8 Å². The van der Waals surface area contributed by atoms with Gasteiger partial charge in [0.2, 0.25) is 0 Å². The molecule has 0 aromatic heterocycles. The molecule has 2 aromatic carbocycles. The van der Waals surface area contributed by atoms with E-state index in [-0.39, 0.29) is 10.6 Å². The molecule has 0 bridgehead atoms. The molecule has 0 spiro atoms. The Morgan fingerprint density at radius 2 is 1.77 bits per heavy atom. The Balaban J connectivity index is 1.97. The van der Waals surface area contributed by atoms with Crippen molar-refractivity contribution in [2.24, 2.45) is 0 Å². The van der Waals surface area contributed by atoms with Gasteiger partial charge in [-0.3, -0.25) is 9.59 Å². The standard InChI is InChI=1S/C21H20ClNO3/c1-4-10-26-17-7-5-6-16(12-17)23-20(24)18(19(22)21(23)25)15-9-8-13(2)14(3)11-15/h5-9,11-12H,4,10H2,1-3H3. The Morgan fingerprint density at radius 3 is 2.46 bits per heavy atom. The highest BCUT2D eigenvalue weighted by atomic mass is 35.5. The molecule has 0 radical (unpaired) electrons. The van der Waals surface area contributed by atoms with Crippen molar-refractivity contribution >= 4 is 34.7 Å². The molecule has 0 atom stereocenters. The molecule has 0 fully saturated rings. The van der Waals surface area contributed by atoms with Gasteiger partial charge < -0.3 is 4.74 Å². The van der Waals surface area contributed by atoms with E-state index in [9.17, 15) is 9.59 Å². The van der Waals surface area contributed by atoms with Crippen LogP contribution in [0.5, 0.6) is 5.75 Å². The Bertz CT molecular complexity index is 917. The van der Waals surface area contributed by atoms with E-state index in [4.69, 9.17) is 16.3 Å². The van der Waals surface area contributed by atoms with Crippen LogP contribution in [0, 0.1) is 13.8 Å². The summed E-state index contributed by atoms with van der Waals surface area (Å²) in [6.07, 6.45) is 0.871. The summed E-state index contributed by atoms with van der Waals surface area (Å²) in [4.78, 5) is 26.7. The van der Waals surface area contributed by atoms with E-state index in [1.54, 1.807) is 24.3 Å². The third kappa shape index (κ3) is 3.25. The zero-order valence-corrected chi connectivity index (χ0v) is 15.8. The van der Waals surface area contributed by atoms with E-state index in [1.807, 2.05) is 39.0 Å². The van der Waals surface area contributed by atoms with Crippen LogP contribution in [0.4, 0.5) is 5.69 Å². The number of halogens is 1. The minimum atomic E-state index is -0.516. The second-order valence-electron chi connectivity index (χ2n) is 6.28. The van der Waals surface area contributed by atoms with Crippen molar-refractivity contribution in [3.8, 4) is 5.75 Å². The Hall–Kier alpha value is -2.59. The predicted molar refractivity (Wildman–Crippen MR) is 103 cm³/mol. The molecular weight excluding hydrogens is 350 g/mol. The summed E-state index contributed by atoms with van der Waals surface area (Å²) in [6, 6.07) is 12.5. The van der Waals surface area contributed by atoms with Crippen LogP contribution in [0.15, 0.2) is 47.5 Å². The van der Waals surface area contributed by atoms with Crippen LogP contribution in [0.1, 0.15) is 30.0 Å². The second-order valence-corrected chi connectivity index (χ2v) is 6.66. The maximum atomic E-state index is 13.0. The molecule has 2 aromatic rings. The molecule has 134 valence electrons. The Morgan fingerprint density at radius 1 is 1.00 bits per heavy atom. The zero-order valence-electron chi connectivity index (χ0n) is 15.0. The summed E-state index contributed by atoms with van der Waals surface area (Å²) in [5, 5.41) is -0.0573. The smallest absolute Gasteiger partial charge is 0.277 e. The van der Waals surface area contributed by atoms with Gasteiger partial charge in [0.1, 0.15) is 10.8 Å². The number of carbonyl (C=O) groups is 2. The molecule has 0 saturated carbocycles. The highest BCUT2D eigenvalue weighted by Gasteiger charge is 2.39. The highest BCUT2D eigenvalue weighted by molar-refractivity contribution is 6.60. The molecular formula is C21H20ClNO3. The molecule has 1 heterocycles. The molecule has 1 aliphatic heterocycles. The molecule has 0 aliphatic carbocycles. The monoisotopic (exact) mass is 369 g/mol. The lowest BCUT2D eigenvalue weighted by Gasteiger charge is -2.16. The SMILES string of the molecule is CCCOc1cccc(N2C(=O)C(Cl)=C(c3ccc(C)c(C)c3)C2=O)c1. The summed E-state index contributed by atoms with van der Waals surface area (Å²) in [7, 11) is 0. The second kappa shape index (κ2) is 7.34. The van der Waals surface area contributed by atoms with Crippen molar-refractivity contribution in [3.63, 3.8) is 0 Å². The van der Waals surface area contributed by atoms with Crippen molar-refractivity contribution < 1.29 is 14.3 Å². The lowest BCUT2D eigenvalue weighted by molar-refractivity contribution is -0.119. The van der Waals surface area contributed by atoms with Gasteiger partial charge in [0, 0.05) is 6.07 Å². The Labute approximate surface area is 158 Å². The van der Waals surface area contributed by atoms with Crippen molar-refractivity contribution in [2.45, 2.75) is 27.2 Å². The molecule has 0 unspecified atom stereocenters. The fraction of sp³-hybridized carbons (Fsp3) is 0.238. The van der Waals surface area contributed by atoms with E-state index >= 15 is 0 Å². The first kappa shape index (κ1) is 18.2. The topological polar surface area (TPSA) is 46.6 Å². The number of anilines is 1. The quantitative estimate of drug-likeness (QED) is 0.723. The number of amides is 2. The van der Waals surface area contributed by atoms with Gasteiger partial charge in [-0.15, -0.1) is 0 Å². The lowest BCUT2D eigenvalue weighted by Crippen LogP contribution is -2.31. The molecule has 5 heteroatoms. The fourth-order valence-corrected chi connectivity index (χ4v) is 3.09. The summed E-state index contributed by atoms with van der Waals surface area (Å²) < 4.78 is 5.60. The number of hydrogen-bond donors (Lipinski definition) is 0. The van der Waals surface area contributed by atoms with Crippen molar-refractivity contribution in [2.75, 3.05) is 11.5 Å². The number of carbonyl (C=O) groups excluding carboxylic acids is 2. The summed E-state index contributed by atoms with van der Waals surface area (Å²) in [5.41, 5.74) is 3.48. The molecule has 0 N–H and O–H groups in total. The molecule has 26 heavy (non-hydrogen) atoms. The van der Waals surface area contributed by atoms with Crippen molar-refractivity contribution in [1.29, 1.82) is 0 Å². The minimum absolute atomic E-state index is 0.0573. The fourth-order valence-electron chi connectivity index (χ4n) is 2.82. The van der Waals surface area contributed by atoms with E-state index in [0.717, 1.165) is 22.4 Å². The van der Waals surface area contributed by atoms with E-state index in [2.05, 4.69) is 0 Å². The predicted octanol–water partition coefficient (Wildman–Crippen LogP) is 4.62. The maximum absolute atomic E-state index is 13.0. The first-order valence-electron chi connectivity index (χ1n) is 8.53. The van der Waals surface area contributed by atoms with E-state index < -0.39 is 11.8 Å². The van der Waals surface area contributed by atoms with Crippen LogP contribution in [0.3, 0.4) is 0 Å². The van der Waals surface area contributed by atoms with Gasteiger partial charge in [0.05, 0.1) is 17.9 Å². The van der Waals surface area contributed by atoms with Gasteiger partial charge in [-0.25, -0.2) is 4.90 Å². The van der Waals surface area contributed by atoms with Gasteiger partial charge in [0.15, 0.2) is 0 Å². The molecule has 3 rings (SSSR count). The van der Waals surface area contributed by atoms with Gasteiger partial charge in [-0.2, -0.15) is 0 Å². The molecule has 1 aliphatic rings. The Kier molecular flexibility index (Phi) is 5.14. The summed E-state index contributed by atoms with van der Waals surface area (Å²) >= 11 is 6.25. The van der Waals surface area contributed by atoms with Crippen molar-refractivity contribution in [1.82, 2.24) is 0 Å². The first-order valence-corrected chi connectivity index (χ1v) is 8.91. The van der Waals surface area contributed by atoms with E-state index in [1.165, 1.54) is 0 Å². The number of rotatable bonds is 5. The number of ether oxygens (including phenoxy) is 1. The minimum Gasteiger partial charge on any atom is -0.494 e. The maximum Gasteiger partial charge on any atom is 0.277 e. The number of imide groups is 1. The van der Waals surface area contributed by atoms with Gasteiger partial charge in [-0.1, -0.05) is 42.8 Å². The normalized spacial score (nSPS) is 14.4. The number of benzene rings is 2. The number of aryl methyl sites for hydroxylation is 2. The average molecular weight is 370 g/mol. The van der Waals surface area contributed by atoms with Crippen LogP contribution in [0.25, 0.3) is 5.57 Å². The van der Waals surface area contributed by atoms with E-state index in [0.29, 0.717) is 23.6 Å². The van der Waals surface area contributed by atoms with Gasteiger partial charge >= 0.3 is 0 Å². The zero-order chi connectivity index (χ0) is 18.8. The highest BCUT2D eigenvalue weighted by Crippen LogP contribution is 2.36. The summed E-state index contributed by atoms with van der Waals surface area (Å²) in [6.45, 7) is 6.53. The third-order valence-electron chi connectivity index (χ3n) is 4.37.